The summed E-state index contributed by atoms with van der Waals surface area (Å²) in [5, 5.41) is 2.61. The van der Waals surface area contributed by atoms with Gasteiger partial charge >= 0.3 is 0 Å². The van der Waals surface area contributed by atoms with E-state index in [2.05, 4.69) is 11.2 Å². The number of rotatable bonds is 4. The lowest BCUT2D eigenvalue weighted by Crippen LogP contribution is -2.42. The lowest BCUT2D eigenvalue weighted by molar-refractivity contribution is -0.136. The van der Waals surface area contributed by atoms with Gasteiger partial charge in [-0.15, -0.1) is 6.42 Å². The van der Waals surface area contributed by atoms with Crippen LogP contribution in [-0.4, -0.2) is 30.7 Å². The maximum absolute atomic E-state index is 11.6. The lowest BCUT2D eigenvalue weighted by Gasteiger charge is -2.25. The Morgan fingerprint density at radius 3 is 2.94 bits per heavy atom. The summed E-state index contributed by atoms with van der Waals surface area (Å²) in [5.74, 6) is 2.20. The van der Waals surface area contributed by atoms with E-state index in [1.165, 1.54) is 6.42 Å². The molecule has 3 unspecified atom stereocenters. The molecule has 4 heteroatoms. The van der Waals surface area contributed by atoms with E-state index in [4.69, 9.17) is 16.9 Å². The molecule has 1 rings (SSSR count). The molecule has 0 aromatic carbocycles. The summed E-state index contributed by atoms with van der Waals surface area (Å²) in [5.41, 5.74) is 6.04. The maximum atomic E-state index is 11.6. The zero-order chi connectivity index (χ0) is 12.7. The van der Waals surface area contributed by atoms with Gasteiger partial charge in [-0.3, -0.25) is 4.79 Å². The Morgan fingerprint density at radius 2 is 2.24 bits per heavy atom. The summed E-state index contributed by atoms with van der Waals surface area (Å²) >= 11 is 0. The molecule has 3 atom stereocenters. The summed E-state index contributed by atoms with van der Waals surface area (Å²) < 4.78 is 5.74. The number of amides is 1. The van der Waals surface area contributed by atoms with Gasteiger partial charge in [0.2, 0.25) is 5.91 Å². The summed E-state index contributed by atoms with van der Waals surface area (Å²) in [4.78, 5) is 11.6. The van der Waals surface area contributed by atoms with Crippen molar-refractivity contribution in [3.63, 3.8) is 0 Å². The van der Waals surface area contributed by atoms with Crippen molar-refractivity contribution in [3.8, 4) is 12.3 Å². The fourth-order valence-corrected chi connectivity index (χ4v) is 2.08. The van der Waals surface area contributed by atoms with E-state index >= 15 is 0 Å². The quantitative estimate of drug-likeness (QED) is 0.562. The van der Waals surface area contributed by atoms with Crippen LogP contribution in [0.4, 0.5) is 0 Å². The predicted octanol–water partition coefficient (Wildman–Crippen LogP) is 0.801. The van der Waals surface area contributed by atoms with E-state index < -0.39 is 6.10 Å². The highest BCUT2D eigenvalue weighted by Crippen LogP contribution is 2.20. The molecule has 0 aromatic rings. The highest BCUT2D eigenvalue weighted by Gasteiger charge is 2.25. The number of hydrogen-bond donors (Lipinski definition) is 2. The van der Waals surface area contributed by atoms with Crippen molar-refractivity contribution in [3.05, 3.63) is 0 Å². The fraction of sp³-hybridized carbons (Fsp3) is 0.769. The van der Waals surface area contributed by atoms with Crippen LogP contribution >= 0.6 is 0 Å². The molecular weight excluding hydrogens is 216 g/mol. The third kappa shape index (κ3) is 4.76. The Bertz CT molecular complexity index is 286. The molecule has 0 saturated heterocycles. The van der Waals surface area contributed by atoms with E-state index in [1.807, 2.05) is 0 Å². The van der Waals surface area contributed by atoms with Crippen LogP contribution in [0.3, 0.4) is 0 Å². The van der Waals surface area contributed by atoms with Gasteiger partial charge < -0.3 is 15.8 Å². The highest BCUT2D eigenvalue weighted by molar-refractivity contribution is 5.80. The van der Waals surface area contributed by atoms with E-state index in [0.717, 1.165) is 25.7 Å². The average Bonchev–Trinajstić information content (AvgIpc) is 2.52. The molecule has 1 aliphatic carbocycles. The van der Waals surface area contributed by atoms with Gasteiger partial charge in [0.1, 0.15) is 6.10 Å². The molecule has 0 heterocycles. The number of hydrogen-bond acceptors (Lipinski definition) is 3. The van der Waals surface area contributed by atoms with Gasteiger partial charge in [0.25, 0.3) is 0 Å². The smallest absolute Gasteiger partial charge is 0.249 e. The minimum atomic E-state index is -0.488. The topological polar surface area (TPSA) is 64.3 Å². The van der Waals surface area contributed by atoms with Gasteiger partial charge in [-0.05, 0) is 19.8 Å². The molecule has 4 nitrogen and oxygen atoms in total. The summed E-state index contributed by atoms with van der Waals surface area (Å²) in [6.07, 6.45) is 9.97. The molecule has 0 radical (unpaired) electrons. The van der Waals surface area contributed by atoms with Gasteiger partial charge in [0.15, 0.2) is 0 Å². The standard InChI is InChI=1S/C13H22N2O2/c1-3-9-15-13(16)10(2)17-12-8-6-4-5-7-11(12)14/h1,10-12H,4-9,14H2,2H3,(H,15,16). The van der Waals surface area contributed by atoms with Crippen LogP contribution in [0.15, 0.2) is 0 Å². The van der Waals surface area contributed by atoms with Crippen molar-refractivity contribution in [2.75, 3.05) is 6.54 Å². The molecule has 0 aromatic heterocycles. The number of nitrogens with two attached hydrogens (primary N) is 1. The van der Waals surface area contributed by atoms with Crippen LogP contribution in [-0.2, 0) is 9.53 Å². The highest BCUT2D eigenvalue weighted by atomic mass is 16.5. The third-order valence-electron chi connectivity index (χ3n) is 3.12. The van der Waals surface area contributed by atoms with Gasteiger partial charge in [-0.25, -0.2) is 0 Å². The van der Waals surface area contributed by atoms with Crippen LogP contribution in [0.2, 0.25) is 0 Å². The monoisotopic (exact) mass is 238 g/mol. The number of ether oxygens (including phenoxy) is 1. The normalized spacial score (nSPS) is 26.6. The van der Waals surface area contributed by atoms with Crippen molar-refractivity contribution in [1.82, 2.24) is 5.32 Å². The Hall–Kier alpha value is -1.05. The molecular formula is C13H22N2O2. The summed E-state index contributed by atoms with van der Waals surface area (Å²) in [7, 11) is 0. The molecule has 1 fully saturated rings. The van der Waals surface area contributed by atoms with Crippen molar-refractivity contribution in [2.24, 2.45) is 5.73 Å². The lowest BCUT2D eigenvalue weighted by atomic mass is 10.1. The van der Waals surface area contributed by atoms with Crippen LogP contribution in [0.25, 0.3) is 0 Å². The molecule has 3 N–H and O–H groups in total. The second-order valence-corrected chi connectivity index (χ2v) is 4.54. The third-order valence-corrected chi connectivity index (χ3v) is 3.12. The first-order valence-corrected chi connectivity index (χ1v) is 6.27. The largest absolute Gasteiger partial charge is 0.364 e. The molecule has 17 heavy (non-hydrogen) atoms. The first-order valence-electron chi connectivity index (χ1n) is 6.27. The summed E-state index contributed by atoms with van der Waals surface area (Å²) in [6.45, 7) is 1.98. The predicted molar refractivity (Wildman–Crippen MR) is 67.2 cm³/mol. The molecule has 96 valence electrons. The van der Waals surface area contributed by atoms with Crippen LogP contribution in [0.5, 0.6) is 0 Å². The SMILES string of the molecule is C#CCNC(=O)C(C)OC1CCCCCC1N. The number of terminal acetylenes is 1. The first kappa shape index (κ1) is 14.0. The Labute approximate surface area is 103 Å². The second kappa shape index (κ2) is 7.31. The van der Waals surface area contributed by atoms with Gasteiger partial charge in [-0.2, -0.15) is 0 Å². The van der Waals surface area contributed by atoms with Crippen LogP contribution in [0.1, 0.15) is 39.0 Å². The Balaban J connectivity index is 2.40. The summed E-state index contributed by atoms with van der Waals surface area (Å²) in [6, 6.07) is 0.0420. The van der Waals surface area contributed by atoms with E-state index in [1.54, 1.807) is 6.92 Å². The van der Waals surface area contributed by atoms with Crippen molar-refractivity contribution in [1.29, 1.82) is 0 Å². The number of nitrogens with one attached hydrogen (secondary N) is 1. The van der Waals surface area contributed by atoms with Crippen LogP contribution in [0, 0.1) is 12.3 Å². The minimum Gasteiger partial charge on any atom is -0.364 e. The van der Waals surface area contributed by atoms with Gasteiger partial charge in [-0.1, -0.05) is 25.2 Å². The average molecular weight is 238 g/mol. The van der Waals surface area contributed by atoms with Crippen molar-refractivity contribution >= 4 is 5.91 Å². The van der Waals surface area contributed by atoms with E-state index in [0.29, 0.717) is 0 Å². The molecule has 0 spiro atoms. The zero-order valence-electron chi connectivity index (χ0n) is 10.4. The molecule has 0 aliphatic heterocycles. The van der Waals surface area contributed by atoms with E-state index in [-0.39, 0.29) is 24.6 Å². The second-order valence-electron chi connectivity index (χ2n) is 4.54. The minimum absolute atomic E-state index is 0.0101. The van der Waals surface area contributed by atoms with Gasteiger partial charge in [0.05, 0.1) is 12.6 Å². The van der Waals surface area contributed by atoms with Crippen molar-refractivity contribution in [2.45, 2.75) is 57.3 Å². The number of carbonyl (C=O) groups excluding carboxylic acids is 1. The Kier molecular flexibility index (Phi) is 6.03. The van der Waals surface area contributed by atoms with Crippen molar-refractivity contribution < 1.29 is 9.53 Å². The molecule has 1 amide bonds. The zero-order valence-corrected chi connectivity index (χ0v) is 10.4. The Morgan fingerprint density at radius 1 is 1.53 bits per heavy atom. The molecule has 1 saturated carbocycles. The molecule has 0 bridgehead atoms. The maximum Gasteiger partial charge on any atom is 0.249 e. The molecule has 1 aliphatic rings. The van der Waals surface area contributed by atoms with Crippen LogP contribution < -0.4 is 11.1 Å². The number of carbonyl (C=O) groups is 1. The first-order chi connectivity index (χ1) is 8.15. The fourth-order valence-electron chi connectivity index (χ4n) is 2.08. The van der Waals surface area contributed by atoms with Gasteiger partial charge in [0, 0.05) is 6.04 Å². The van der Waals surface area contributed by atoms with E-state index in [9.17, 15) is 4.79 Å².